The molecule has 5 nitrogen and oxygen atoms in total. The zero-order chi connectivity index (χ0) is 46.1. The third-order valence-corrected chi connectivity index (χ3v) is 13.8. The molecule has 10 aromatic carbocycles. The van der Waals surface area contributed by atoms with Crippen LogP contribution in [0.4, 0.5) is 0 Å². The number of para-hydroxylation sites is 4. The molecule has 0 atom stereocenters. The second-order valence-corrected chi connectivity index (χ2v) is 17.9. The van der Waals surface area contributed by atoms with Gasteiger partial charge in [0.2, 0.25) is 0 Å². The van der Waals surface area contributed by atoms with Gasteiger partial charge in [-0.05, 0) is 83.4 Å². The highest BCUT2D eigenvalue weighted by molar-refractivity contribution is 6.27. The first kappa shape index (κ1) is 39.7. The second kappa shape index (κ2) is 16.1. The first-order valence-corrected chi connectivity index (χ1v) is 23.7. The van der Waals surface area contributed by atoms with Crippen molar-refractivity contribution in [3.63, 3.8) is 0 Å². The van der Waals surface area contributed by atoms with E-state index in [0.717, 1.165) is 106 Å². The smallest absolute Gasteiger partial charge is 0.160 e. The maximum atomic E-state index is 6.62. The van der Waals surface area contributed by atoms with Crippen molar-refractivity contribution in [2.45, 2.75) is 0 Å². The fraction of sp³-hybridized carbons (Fsp3) is 0. The Bertz CT molecular complexity index is 4270. The van der Waals surface area contributed by atoms with E-state index in [1.807, 2.05) is 12.1 Å². The zero-order valence-corrected chi connectivity index (χ0v) is 37.8. The highest BCUT2D eigenvalue weighted by Gasteiger charge is 2.22. The first-order valence-electron chi connectivity index (χ1n) is 23.7. The SMILES string of the molecule is c1ccc(-c2cc(-c3cccc(-c4ccc(-c5nc6ccccc6c6c(-c7ccccc7)c7c(cc56)oc5ccccc57)cc4)c3)nc(-c3ccc(-n4c5ccccc5c5ccccc54)cc3)n2)cc1. The van der Waals surface area contributed by atoms with Gasteiger partial charge in [0.1, 0.15) is 11.2 Å². The molecule has 0 bridgehead atoms. The van der Waals surface area contributed by atoms with Crippen LogP contribution in [0.3, 0.4) is 0 Å². The standard InChI is InChI=1S/C65H40N4O/c1-3-16-42(17-4-1)55-40-56(68-65(67-55)45-34-36-48(37-35-45)69-57-27-12-8-22-49(57)50-23-9-13-28-58(50)69)47-21-15-20-46(38-47)41-30-32-44(33-31-41)64-53-39-60-63(52-25-10-14-29-59(52)70-60)61(43-18-5-2-6-19-43)62(53)51-24-7-11-26-54(51)66-64/h1-40H. The molecule has 5 heteroatoms. The van der Waals surface area contributed by atoms with Gasteiger partial charge < -0.3 is 8.98 Å². The van der Waals surface area contributed by atoms with Gasteiger partial charge in [-0.25, -0.2) is 15.0 Å². The second-order valence-electron chi connectivity index (χ2n) is 17.9. The molecule has 70 heavy (non-hydrogen) atoms. The van der Waals surface area contributed by atoms with Gasteiger partial charge in [0, 0.05) is 71.2 Å². The molecule has 0 saturated heterocycles. The van der Waals surface area contributed by atoms with Gasteiger partial charge in [0.05, 0.1) is 33.6 Å². The first-order chi connectivity index (χ1) is 34.7. The van der Waals surface area contributed by atoms with Crippen molar-refractivity contribution in [1.29, 1.82) is 0 Å². The summed E-state index contributed by atoms with van der Waals surface area (Å²) in [6.45, 7) is 0. The minimum Gasteiger partial charge on any atom is -0.456 e. The van der Waals surface area contributed by atoms with Gasteiger partial charge in [0.25, 0.3) is 0 Å². The highest BCUT2D eigenvalue weighted by atomic mass is 16.3. The summed E-state index contributed by atoms with van der Waals surface area (Å²) in [5.41, 5.74) is 17.2. The molecule has 0 unspecified atom stereocenters. The van der Waals surface area contributed by atoms with Crippen molar-refractivity contribution >= 4 is 65.4 Å². The van der Waals surface area contributed by atoms with Gasteiger partial charge >= 0.3 is 0 Å². The van der Waals surface area contributed by atoms with Gasteiger partial charge in [-0.3, -0.25) is 0 Å². The van der Waals surface area contributed by atoms with Gasteiger partial charge in [-0.15, -0.1) is 0 Å². The Morgan fingerprint density at radius 3 is 1.60 bits per heavy atom. The lowest BCUT2D eigenvalue weighted by molar-refractivity contribution is 0.669. The van der Waals surface area contributed by atoms with Crippen LogP contribution in [0.2, 0.25) is 0 Å². The Morgan fingerprint density at radius 1 is 0.314 bits per heavy atom. The Hall–Kier alpha value is -9.45. The monoisotopic (exact) mass is 892 g/mol. The summed E-state index contributed by atoms with van der Waals surface area (Å²) in [7, 11) is 0. The van der Waals surface area contributed by atoms with Crippen molar-refractivity contribution < 1.29 is 4.42 Å². The largest absolute Gasteiger partial charge is 0.456 e. The summed E-state index contributed by atoms with van der Waals surface area (Å²) in [5, 5.41) is 8.03. The number of pyridine rings is 1. The van der Waals surface area contributed by atoms with Gasteiger partial charge in [-0.2, -0.15) is 0 Å². The molecule has 0 saturated carbocycles. The number of furan rings is 1. The number of aromatic nitrogens is 4. The van der Waals surface area contributed by atoms with Crippen molar-refractivity contribution in [3.05, 3.63) is 243 Å². The average Bonchev–Trinajstić information content (AvgIpc) is 3.98. The summed E-state index contributed by atoms with van der Waals surface area (Å²) in [5.74, 6) is 0.672. The van der Waals surface area contributed by atoms with E-state index in [1.54, 1.807) is 0 Å². The maximum Gasteiger partial charge on any atom is 0.160 e. The number of fused-ring (bicyclic) bond motifs is 9. The van der Waals surface area contributed by atoms with Gasteiger partial charge in [0.15, 0.2) is 5.82 Å². The number of benzene rings is 10. The van der Waals surface area contributed by atoms with E-state index in [1.165, 1.54) is 27.2 Å². The Morgan fingerprint density at radius 2 is 0.871 bits per heavy atom. The van der Waals surface area contributed by atoms with Crippen molar-refractivity contribution in [2.24, 2.45) is 0 Å². The molecule has 0 aliphatic heterocycles. The van der Waals surface area contributed by atoms with E-state index in [4.69, 9.17) is 19.4 Å². The van der Waals surface area contributed by atoms with E-state index in [0.29, 0.717) is 5.82 Å². The molecule has 14 rings (SSSR count). The number of nitrogens with zero attached hydrogens (tertiary/aromatic N) is 4. The molecule has 0 amide bonds. The Kier molecular flexibility index (Phi) is 9.14. The van der Waals surface area contributed by atoms with E-state index < -0.39 is 0 Å². The molecular weight excluding hydrogens is 853 g/mol. The molecule has 0 aliphatic rings. The average molecular weight is 893 g/mol. The lowest BCUT2D eigenvalue weighted by Crippen LogP contribution is -1.97. The van der Waals surface area contributed by atoms with E-state index in [2.05, 4.69) is 235 Å². The van der Waals surface area contributed by atoms with Crippen LogP contribution in [0.15, 0.2) is 247 Å². The number of rotatable bonds is 7. The summed E-state index contributed by atoms with van der Waals surface area (Å²) < 4.78 is 8.96. The third-order valence-electron chi connectivity index (χ3n) is 13.8. The molecular formula is C65H40N4O. The van der Waals surface area contributed by atoms with Gasteiger partial charge in [-0.1, -0.05) is 176 Å². The molecule has 0 N–H and O–H groups in total. The summed E-state index contributed by atoms with van der Waals surface area (Å²) >= 11 is 0. The predicted molar refractivity (Wildman–Crippen MR) is 289 cm³/mol. The molecule has 0 fully saturated rings. The quantitative estimate of drug-likeness (QED) is 0.150. The third kappa shape index (κ3) is 6.51. The van der Waals surface area contributed by atoms with Crippen molar-refractivity contribution in [2.75, 3.05) is 0 Å². The Balaban J connectivity index is 0.861. The number of hydrogen-bond acceptors (Lipinski definition) is 4. The van der Waals surface area contributed by atoms with Crippen LogP contribution in [0, 0.1) is 0 Å². The summed E-state index contributed by atoms with van der Waals surface area (Å²) in [6, 6.07) is 85.5. The number of hydrogen-bond donors (Lipinski definition) is 0. The van der Waals surface area contributed by atoms with Crippen LogP contribution in [-0.2, 0) is 0 Å². The van der Waals surface area contributed by atoms with Crippen LogP contribution in [0.5, 0.6) is 0 Å². The van der Waals surface area contributed by atoms with Crippen LogP contribution in [-0.4, -0.2) is 19.5 Å². The molecule has 14 aromatic rings. The van der Waals surface area contributed by atoms with Crippen LogP contribution in [0.1, 0.15) is 0 Å². The lowest BCUT2D eigenvalue weighted by atomic mass is 9.89. The molecule has 326 valence electrons. The lowest BCUT2D eigenvalue weighted by Gasteiger charge is -2.16. The van der Waals surface area contributed by atoms with Crippen LogP contribution < -0.4 is 0 Å². The normalized spacial score (nSPS) is 11.7. The fourth-order valence-electron chi connectivity index (χ4n) is 10.6. The predicted octanol–water partition coefficient (Wildman–Crippen LogP) is 17.2. The molecule has 0 radical (unpaired) electrons. The topological polar surface area (TPSA) is 56.7 Å². The summed E-state index contributed by atoms with van der Waals surface area (Å²) in [6.07, 6.45) is 0. The fourth-order valence-corrected chi connectivity index (χ4v) is 10.6. The van der Waals surface area contributed by atoms with E-state index >= 15 is 0 Å². The maximum absolute atomic E-state index is 6.62. The highest BCUT2D eigenvalue weighted by Crippen LogP contribution is 2.46. The Labute approximate surface area is 403 Å². The van der Waals surface area contributed by atoms with Crippen LogP contribution >= 0.6 is 0 Å². The molecule has 0 spiro atoms. The zero-order valence-electron chi connectivity index (χ0n) is 37.8. The molecule has 0 aliphatic carbocycles. The molecule has 4 heterocycles. The minimum absolute atomic E-state index is 0.672. The van der Waals surface area contributed by atoms with Crippen molar-refractivity contribution in [1.82, 2.24) is 19.5 Å². The summed E-state index contributed by atoms with van der Waals surface area (Å²) in [4.78, 5) is 15.8. The minimum atomic E-state index is 0.672. The van der Waals surface area contributed by atoms with Crippen LogP contribution in [0.25, 0.3) is 139 Å². The molecule has 4 aromatic heterocycles. The van der Waals surface area contributed by atoms with Crippen molar-refractivity contribution in [3.8, 4) is 73.1 Å². The van der Waals surface area contributed by atoms with E-state index in [9.17, 15) is 0 Å². The van der Waals surface area contributed by atoms with E-state index in [-0.39, 0.29) is 0 Å².